The molecule has 0 bridgehead atoms. The van der Waals surface area contributed by atoms with Crippen LogP contribution in [-0.2, 0) is 9.47 Å². The summed E-state index contributed by atoms with van der Waals surface area (Å²) < 4.78 is 71.2. The van der Waals surface area contributed by atoms with Crippen molar-refractivity contribution in [1.29, 1.82) is 0 Å². The first kappa shape index (κ1) is 16.6. The minimum atomic E-state index is -5.44. The molecule has 0 spiro atoms. The topological polar surface area (TPSA) is 18.5 Å². The normalized spacial score (nSPS) is 21.0. The van der Waals surface area contributed by atoms with E-state index in [2.05, 4.69) is 0 Å². The molecular formula is C12H19F5O2. The molecular weight excluding hydrogens is 271 g/mol. The third-order valence-corrected chi connectivity index (χ3v) is 3.02. The van der Waals surface area contributed by atoms with Crippen molar-refractivity contribution >= 4 is 0 Å². The molecule has 1 saturated heterocycles. The number of alkyl halides is 5. The smallest absolute Gasteiger partial charge is 0.379 e. The monoisotopic (exact) mass is 290 g/mol. The molecule has 1 aliphatic heterocycles. The van der Waals surface area contributed by atoms with Gasteiger partial charge in [0.25, 0.3) is 0 Å². The zero-order chi connectivity index (χ0) is 14.4. The predicted octanol–water partition coefficient (Wildman–Crippen LogP) is 3.94. The van der Waals surface area contributed by atoms with Crippen LogP contribution in [0.5, 0.6) is 0 Å². The second kappa shape index (κ2) is 7.38. The van der Waals surface area contributed by atoms with Crippen LogP contribution >= 0.6 is 0 Å². The van der Waals surface area contributed by atoms with E-state index in [4.69, 9.17) is 9.47 Å². The highest BCUT2D eigenvalue weighted by Gasteiger charge is 2.56. The van der Waals surface area contributed by atoms with Crippen LogP contribution in [0, 0.1) is 0 Å². The number of ether oxygens (including phenoxy) is 2. The molecule has 0 aromatic heterocycles. The fraction of sp³-hybridized carbons (Fsp3) is 1.00. The van der Waals surface area contributed by atoms with Crippen molar-refractivity contribution in [2.24, 2.45) is 0 Å². The second-order valence-corrected chi connectivity index (χ2v) is 4.72. The standard InChI is InChI=1S/C12H19F5O2/c13-11(14,12(15,16)17)6-2-1-3-7-18-9-10-5-4-8-19-10/h10H,1-9H2. The highest BCUT2D eigenvalue weighted by molar-refractivity contribution is 4.75. The molecule has 0 amide bonds. The van der Waals surface area contributed by atoms with Crippen LogP contribution in [-0.4, -0.2) is 38.0 Å². The van der Waals surface area contributed by atoms with Crippen molar-refractivity contribution in [3.8, 4) is 0 Å². The zero-order valence-corrected chi connectivity index (χ0v) is 10.6. The van der Waals surface area contributed by atoms with Gasteiger partial charge in [0.15, 0.2) is 0 Å². The van der Waals surface area contributed by atoms with Crippen LogP contribution in [0.15, 0.2) is 0 Å². The largest absolute Gasteiger partial charge is 0.453 e. The average molecular weight is 290 g/mol. The molecule has 1 atom stereocenters. The number of rotatable bonds is 8. The van der Waals surface area contributed by atoms with Gasteiger partial charge in [-0.1, -0.05) is 6.42 Å². The number of unbranched alkanes of at least 4 members (excludes halogenated alkanes) is 2. The van der Waals surface area contributed by atoms with E-state index in [-0.39, 0.29) is 12.5 Å². The van der Waals surface area contributed by atoms with Gasteiger partial charge in [-0.2, -0.15) is 22.0 Å². The molecule has 19 heavy (non-hydrogen) atoms. The third-order valence-electron chi connectivity index (χ3n) is 3.02. The number of hydrogen-bond donors (Lipinski definition) is 0. The number of halogens is 5. The van der Waals surface area contributed by atoms with E-state index in [0.717, 1.165) is 19.4 Å². The van der Waals surface area contributed by atoms with Gasteiger partial charge in [0.05, 0.1) is 12.7 Å². The first-order valence-corrected chi connectivity index (χ1v) is 6.47. The van der Waals surface area contributed by atoms with Crippen LogP contribution in [0.25, 0.3) is 0 Å². The summed E-state index contributed by atoms with van der Waals surface area (Å²) in [7, 11) is 0. The molecule has 0 aliphatic carbocycles. The predicted molar refractivity (Wildman–Crippen MR) is 59.3 cm³/mol. The van der Waals surface area contributed by atoms with Gasteiger partial charge < -0.3 is 9.47 Å². The van der Waals surface area contributed by atoms with Crippen molar-refractivity contribution in [3.63, 3.8) is 0 Å². The minimum absolute atomic E-state index is 0.106. The van der Waals surface area contributed by atoms with Gasteiger partial charge in [-0.05, 0) is 25.7 Å². The Labute approximate surface area is 109 Å². The van der Waals surface area contributed by atoms with Crippen molar-refractivity contribution in [2.45, 2.75) is 56.7 Å². The van der Waals surface area contributed by atoms with Crippen molar-refractivity contribution in [2.75, 3.05) is 19.8 Å². The Balaban J connectivity index is 1.96. The lowest BCUT2D eigenvalue weighted by atomic mass is 10.1. The molecule has 114 valence electrons. The van der Waals surface area contributed by atoms with Crippen LogP contribution in [0.4, 0.5) is 22.0 Å². The molecule has 0 radical (unpaired) electrons. The fourth-order valence-electron chi connectivity index (χ4n) is 1.86. The lowest BCUT2D eigenvalue weighted by molar-refractivity contribution is -0.284. The van der Waals surface area contributed by atoms with Gasteiger partial charge in [-0.3, -0.25) is 0 Å². The first-order valence-electron chi connectivity index (χ1n) is 6.47. The maximum atomic E-state index is 12.5. The summed E-state index contributed by atoms with van der Waals surface area (Å²) >= 11 is 0. The van der Waals surface area contributed by atoms with Gasteiger partial charge in [0, 0.05) is 19.6 Å². The van der Waals surface area contributed by atoms with E-state index < -0.39 is 18.5 Å². The van der Waals surface area contributed by atoms with Gasteiger partial charge >= 0.3 is 12.1 Å². The third kappa shape index (κ3) is 6.03. The maximum Gasteiger partial charge on any atom is 0.453 e. The molecule has 1 aliphatic rings. The zero-order valence-electron chi connectivity index (χ0n) is 10.6. The lowest BCUT2D eigenvalue weighted by Crippen LogP contribution is -2.36. The maximum absolute atomic E-state index is 12.5. The molecule has 0 saturated carbocycles. The van der Waals surface area contributed by atoms with Gasteiger partial charge in [0.1, 0.15) is 0 Å². The molecule has 0 aromatic rings. The summed E-state index contributed by atoms with van der Waals surface area (Å²) in [5.74, 6) is -4.58. The molecule has 1 unspecified atom stereocenters. The van der Waals surface area contributed by atoms with Crippen LogP contribution < -0.4 is 0 Å². The summed E-state index contributed by atoms with van der Waals surface area (Å²) in [6, 6.07) is 0. The highest BCUT2D eigenvalue weighted by atomic mass is 19.4. The highest BCUT2D eigenvalue weighted by Crippen LogP contribution is 2.39. The lowest BCUT2D eigenvalue weighted by Gasteiger charge is -2.19. The Morgan fingerprint density at radius 3 is 2.37 bits per heavy atom. The Morgan fingerprint density at radius 2 is 1.79 bits per heavy atom. The van der Waals surface area contributed by atoms with Crippen molar-refractivity contribution in [1.82, 2.24) is 0 Å². The van der Waals surface area contributed by atoms with Crippen LogP contribution in [0.1, 0.15) is 38.5 Å². The van der Waals surface area contributed by atoms with E-state index in [0.29, 0.717) is 26.1 Å². The van der Waals surface area contributed by atoms with E-state index in [1.54, 1.807) is 0 Å². The van der Waals surface area contributed by atoms with Crippen molar-refractivity contribution < 1.29 is 31.4 Å². The second-order valence-electron chi connectivity index (χ2n) is 4.72. The molecule has 1 heterocycles. The molecule has 7 heteroatoms. The molecule has 0 N–H and O–H groups in total. The first-order chi connectivity index (χ1) is 8.83. The van der Waals surface area contributed by atoms with E-state index in [1.807, 2.05) is 0 Å². The molecule has 1 fully saturated rings. The molecule has 1 rings (SSSR count). The molecule has 0 aromatic carbocycles. The Morgan fingerprint density at radius 1 is 1.05 bits per heavy atom. The summed E-state index contributed by atoms with van der Waals surface area (Å²) in [4.78, 5) is 0. The SMILES string of the molecule is FC(F)(F)C(F)(F)CCCCCOCC1CCCO1. The van der Waals surface area contributed by atoms with E-state index in [1.165, 1.54) is 0 Å². The summed E-state index contributed by atoms with van der Waals surface area (Å²) in [5.41, 5.74) is 0. The molecule has 2 nitrogen and oxygen atoms in total. The Bertz CT molecular complexity index is 249. The summed E-state index contributed by atoms with van der Waals surface area (Å²) in [5, 5.41) is 0. The Hall–Kier alpha value is -0.430. The van der Waals surface area contributed by atoms with Crippen molar-refractivity contribution in [3.05, 3.63) is 0 Å². The van der Waals surface area contributed by atoms with Gasteiger partial charge in [-0.25, -0.2) is 0 Å². The van der Waals surface area contributed by atoms with Gasteiger partial charge in [0.2, 0.25) is 0 Å². The van der Waals surface area contributed by atoms with E-state index >= 15 is 0 Å². The number of hydrogen-bond acceptors (Lipinski definition) is 2. The average Bonchev–Trinajstić information content (AvgIpc) is 2.79. The quantitative estimate of drug-likeness (QED) is 0.498. The van der Waals surface area contributed by atoms with E-state index in [9.17, 15) is 22.0 Å². The van der Waals surface area contributed by atoms with Gasteiger partial charge in [-0.15, -0.1) is 0 Å². The summed E-state index contributed by atoms with van der Waals surface area (Å²) in [6.07, 6.45) is -3.88. The van der Waals surface area contributed by atoms with Crippen LogP contribution in [0.2, 0.25) is 0 Å². The van der Waals surface area contributed by atoms with Crippen LogP contribution in [0.3, 0.4) is 0 Å². The minimum Gasteiger partial charge on any atom is -0.379 e. The fourth-order valence-corrected chi connectivity index (χ4v) is 1.86. The summed E-state index contributed by atoms with van der Waals surface area (Å²) in [6.45, 7) is 1.58. The Kier molecular flexibility index (Phi) is 6.46.